The van der Waals surface area contributed by atoms with Gasteiger partial charge in [-0.3, -0.25) is 4.79 Å². The number of benzene rings is 2. The highest BCUT2D eigenvalue weighted by molar-refractivity contribution is 9.11. The van der Waals surface area contributed by atoms with E-state index in [1.165, 1.54) is 11.8 Å². The molecule has 2 aromatic carbocycles. The van der Waals surface area contributed by atoms with Crippen LogP contribution in [-0.2, 0) is 11.4 Å². The van der Waals surface area contributed by atoms with Crippen LogP contribution in [-0.4, -0.2) is 10.2 Å². The van der Waals surface area contributed by atoms with Gasteiger partial charge in [0.25, 0.3) is 5.91 Å². The van der Waals surface area contributed by atoms with Gasteiger partial charge < -0.3 is 10.1 Å². The Kier molecular flexibility index (Phi) is 6.22. The molecule has 3 nitrogen and oxygen atoms in total. The van der Waals surface area contributed by atoms with Crippen molar-refractivity contribution >= 4 is 83.7 Å². The number of nitrogens with one attached hydrogen (secondary N) is 1. The van der Waals surface area contributed by atoms with Crippen LogP contribution < -0.4 is 10.1 Å². The predicted octanol–water partition coefficient (Wildman–Crippen LogP) is 5.93. The molecular weight excluding hydrogens is 510 g/mol. The van der Waals surface area contributed by atoms with E-state index in [0.717, 1.165) is 20.1 Å². The molecule has 0 saturated carbocycles. The molecule has 3 rings (SSSR count). The highest BCUT2D eigenvalue weighted by atomic mass is 79.9. The highest BCUT2D eigenvalue weighted by Crippen LogP contribution is 2.37. The molecule has 1 aliphatic heterocycles. The quantitative estimate of drug-likeness (QED) is 0.401. The minimum absolute atomic E-state index is 0.205. The summed E-state index contributed by atoms with van der Waals surface area (Å²) >= 11 is 19.4. The molecule has 1 heterocycles. The van der Waals surface area contributed by atoms with Gasteiger partial charge in [-0.05, 0) is 40.2 Å². The molecule has 8 heteroatoms. The highest BCUT2D eigenvalue weighted by Gasteiger charge is 2.23. The second-order valence-corrected chi connectivity index (χ2v) is 8.93. The van der Waals surface area contributed by atoms with Crippen molar-refractivity contribution in [1.82, 2.24) is 5.32 Å². The van der Waals surface area contributed by atoms with Crippen molar-refractivity contribution in [2.75, 3.05) is 0 Å². The summed E-state index contributed by atoms with van der Waals surface area (Å²) < 4.78 is 8.07. The Morgan fingerprint density at radius 1 is 1.28 bits per heavy atom. The summed E-state index contributed by atoms with van der Waals surface area (Å²) in [5.41, 5.74) is 1.64. The number of hydrogen-bond acceptors (Lipinski definition) is 4. The van der Waals surface area contributed by atoms with Gasteiger partial charge in [-0.15, -0.1) is 0 Å². The summed E-state index contributed by atoms with van der Waals surface area (Å²) in [5.74, 6) is 0.421. The minimum atomic E-state index is -0.205. The summed E-state index contributed by atoms with van der Waals surface area (Å²) in [5, 5.41) is 3.25. The summed E-state index contributed by atoms with van der Waals surface area (Å²) in [6.07, 6.45) is 1.76. The predicted molar refractivity (Wildman–Crippen MR) is 114 cm³/mol. The third-order valence-corrected chi connectivity index (χ3v) is 5.87. The van der Waals surface area contributed by atoms with Gasteiger partial charge in [0.1, 0.15) is 16.7 Å². The first-order chi connectivity index (χ1) is 11.9. The Morgan fingerprint density at radius 3 is 2.72 bits per heavy atom. The molecule has 0 atom stereocenters. The maximum Gasteiger partial charge on any atom is 0.263 e. The molecule has 0 bridgehead atoms. The van der Waals surface area contributed by atoms with Gasteiger partial charge >= 0.3 is 0 Å². The summed E-state index contributed by atoms with van der Waals surface area (Å²) in [7, 11) is 0. The van der Waals surface area contributed by atoms with E-state index < -0.39 is 0 Å². The van der Waals surface area contributed by atoms with E-state index in [2.05, 4.69) is 37.2 Å². The molecule has 1 amide bonds. The molecule has 0 aliphatic carbocycles. The molecule has 0 aromatic heterocycles. The van der Waals surface area contributed by atoms with Gasteiger partial charge in [-0.2, -0.15) is 0 Å². The van der Waals surface area contributed by atoms with E-state index in [0.29, 0.717) is 26.6 Å². The number of thioether (sulfide) groups is 1. The second-order valence-electron chi connectivity index (χ2n) is 5.04. The Morgan fingerprint density at radius 2 is 2.04 bits per heavy atom. The smallest absolute Gasteiger partial charge is 0.263 e. The van der Waals surface area contributed by atoms with Crippen molar-refractivity contribution in [1.29, 1.82) is 0 Å². The van der Waals surface area contributed by atoms with E-state index in [-0.39, 0.29) is 5.91 Å². The van der Waals surface area contributed by atoms with Crippen LogP contribution in [0.3, 0.4) is 0 Å². The van der Waals surface area contributed by atoms with E-state index >= 15 is 0 Å². The van der Waals surface area contributed by atoms with Gasteiger partial charge in [-0.1, -0.05) is 69.7 Å². The first kappa shape index (κ1) is 18.9. The normalized spacial score (nSPS) is 15.6. The van der Waals surface area contributed by atoms with Crippen molar-refractivity contribution in [3.63, 3.8) is 0 Å². The van der Waals surface area contributed by atoms with Crippen LogP contribution in [0.5, 0.6) is 5.75 Å². The van der Waals surface area contributed by atoms with Gasteiger partial charge in [0.05, 0.1) is 9.38 Å². The third-order valence-electron chi connectivity index (χ3n) is 3.30. The first-order valence-electron chi connectivity index (χ1n) is 7.04. The zero-order chi connectivity index (χ0) is 18.0. The molecule has 1 aliphatic rings. The number of hydrogen-bond donors (Lipinski definition) is 1. The number of rotatable bonds is 4. The molecule has 2 aromatic rings. The summed E-state index contributed by atoms with van der Waals surface area (Å²) in [6, 6.07) is 11.3. The molecule has 0 radical (unpaired) electrons. The van der Waals surface area contributed by atoms with Gasteiger partial charge in [0, 0.05) is 20.6 Å². The van der Waals surface area contributed by atoms with Crippen LogP contribution in [0.4, 0.5) is 0 Å². The Hall–Kier alpha value is -0.860. The zero-order valence-electron chi connectivity index (χ0n) is 12.5. The second kappa shape index (κ2) is 8.22. The number of carbonyl (C=O) groups excluding carboxylic acids is 1. The number of halogens is 3. The Balaban J connectivity index is 1.93. The molecule has 1 fully saturated rings. The Labute approximate surface area is 176 Å². The fourth-order valence-electron chi connectivity index (χ4n) is 2.17. The maximum absolute atomic E-state index is 11.9. The van der Waals surface area contributed by atoms with Crippen molar-refractivity contribution in [2.45, 2.75) is 6.61 Å². The molecule has 25 heavy (non-hydrogen) atoms. The lowest BCUT2D eigenvalue weighted by Crippen LogP contribution is -2.17. The van der Waals surface area contributed by atoms with Crippen LogP contribution in [0.2, 0.25) is 5.02 Å². The fraction of sp³-hybridized carbons (Fsp3) is 0.0588. The monoisotopic (exact) mass is 517 g/mol. The van der Waals surface area contributed by atoms with E-state index in [4.69, 9.17) is 28.6 Å². The number of ether oxygens (including phenoxy) is 1. The molecule has 1 saturated heterocycles. The first-order valence-corrected chi connectivity index (χ1v) is 10.2. The largest absolute Gasteiger partial charge is 0.487 e. The number of carbonyl (C=O) groups is 1. The summed E-state index contributed by atoms with van der Waals surface area (Å²) in [4.78, 5) is 12.5. The van der Waals surface area contributed by atoms with Crippen LogP contribution in [0.1, 0.15) is 11.1 Å². The lowest BCUT2D eigenvalue weighted by atomic mass is 10.1. The standard InChI is InChI=1S/C17H10Br2ClNO2S2/c18-11-5-10(6-14-16(22)21-17(24)25-14)15(12(19)7-11)23-8-9-3-1-2-4-13(9)20/h1-7H,8H2,(H,21,22,24)/b14-6-. The fourth-order valence-corrected chi connectivity index (χ4v) is 4.77. The van der Waals surface area contributed by atoms with Gasteiger partial charge in [-0.25, -0.2) is 0 Å². The zero-order valence-corrected chi connectivity index (χ0v) is 18.1. The van der Waals surface area contributed by atoms with E-state index in [1.54, 1.807) is 6.08 Å². The van der Waals surface area contributed by atoms with E-state index in [9.17, 15) is 4.79 Å². The van der Waals surface area contributed by atoms with Crippen LogP contribution in [0.15, 0.2) is 50.2 Å². The maximum atomic E-state index is 11.9. The Bertz CT molecular complexity index is 902. The van der Waals surface area contributed by atoms with Crippen molar-refractivity contribution < 1.29 is 9.53 Å². The lowest BCUT2D eigenvalue weighted by molar-refractivity contribution is -0.115. The SMILES string of the molecule is O=C1NC(=S)S/C1=C\c1cc(Br)cc(Br)c1OCc1ccccc1Cl. The average Bonchev–Trinajstić information content (AvgIpc) is 2.85. The molecule has 128 valence electrons. The lowest BCUT2D eigenvalue weighted by Gasteiger charge is -2.13. The third kappa shape index (κ3) is 4.65. The molecule has 0 unspecified atom stereocenters. The van der Waals surface area contributed by atoms with E-state index in [1.807, 2.05) is 36.4 Å². The average molecular weight is 520 g/mol. The van der Waals surface area contributed by atoms with Crippen molar-refractivity contribution in [2.24, 2.45) is 0 Å². The van der Waals surface area contributed by atoms with Gasteiger partial charge in [0.2, 0.25) is 0 Å². The number of amides is 1. The van der Waals surface area contributed by atoms with Gasteiger partial charge in [0.15, 0.2) is 0 Å². The topological polar surface area (TPSA) is 38.3 Å². The molecular formula is C17H10Br2ClNO2S2. The van der Waals surface area contributed by atoms with Crippen LogP contribution in [0.25, 0.3) is 6.08 Å². The van der Waals surface area contributed by atoms with Crippen molar-refractivity contribution in [3.8, 4) is 5.75 Å². The number of thiocarbonyl (C=S) groups is 1. The molecule has 1 N–H and O–H groups in total. The van der Waals surface area contributed by atoms with Crippen molar-refractivity contribution in [3.05, 3.63) is 66.4 Å². The van der Waals surface area contributed by atoms with Crippen LogP contribution in [0, 0.1) is 0 Å². The summed E-state index contributed by atoms with van der Waals surface area (Å²) in [6.45, 7) is 0.313. The minimum Gasteiger partial charge on any atom is -0.487 e. The molecule has 0 spiro atoms. The van der Waals surface area contributed by atoms with Crippen LogP contribution >= 0.6 is 67.4 Å².